The molecule has 0 aromatic heterocycles. The Bertz CT molecular complexity index is 805. The Labute approximate surface area is 174 Å². The Balaban J connectivity index is 1.63. The molecule has 1 saturated heterocycles. The molecule has 6 nitrogen and oxygen atoms in total. The maximum atomic E-state index is 13.4. The van der Waals surface area contributed by atoms with Crippen molar-refractivity contribution in [2.24, 2.45) is 0 Å². The molecule has 0 spiro atoms. The number of carbonyl (C=O) groups excluding carboxylic acids is 2. The monoisotopic (exact) mass is 416 g/mol. The normalized spacial score (nSPS) is 15.2. The minimum Gasteiger partial charge on any atom is -0.341 e. The van der Waals surface area contributed by atoms with E-state index in [-0.39, 0.29) is 30.0 Å². The van der Waals surface area contributed by atoms with E-state index >= 15 is 0 Å². The highest BCUT2D eigenvalue weighted by Crippen LogP contribution is 2.30. The maximum Gasteiger partial charge on any atom is 0.321 e. The van der Waals surface area contributed by atoms with Crippen molar-refractivity contribution >= 4 is 11.9 Å². The van der Waals surface area contributed by atoms with Crippen LogP contribution in [0.4, 0.5) is 13.6 Å². The number of halogens is 2. The summed E-state index contributed by atoms with van der Waals surface area (Å²) in [7, 11) is 1.46. The first-order valence-electron chi connectivity index (χ1n) is 9.95. The number of carbonyl (C=O) groups is 2. The largest absolute Gasteiger partial charge is 0.341 e. The zero-order chi connectivity index (χ0) is 21.5. The molecule has 1 aliphatic heterocycles. The number of imide groups is 1. The molecule has 30 heavy (non-hydrogen) atoms. The van der Waals surface area contributed by atoms with Crippen LogP contribution >= 0.6 is 0 Å². The molecule has 0 unspecified atom stereocenters. The second-order valence-corrected chi connectivity index (χ2v) is 7.26. The quantitative estimate of drug-likeness (QED) is 0.760. The first-order valence-corrected chi connectivity index (χ1v) is 9.95. The molecule has 160 valence electrons. The van der Waals surface area contributed by atoms with E-state index in [4.69, 9.17) is 0 Å². The molecule has 1 fully saturated rings. The standard InChI is InChI=1S/C22H26F2N4O2/c1-25-22(30)26-20(29)10-11-27-12-14-28(15-13-27)21(16-2-6-18(23)7-3-16)17-4-8-19(24)9-5-17/h2-9,21H,10-15H2,1H3,(H2,25,26,29,30). The fourth-order valence-electron chi connectivity index (χ4n) is 3.66. The molecule has 1 aliphatic rings. The third kappa shape index (κ3) is 5.84. The highest BCUT2D eigenvalue weighted by Gasteiger charge is 2.26. The summed E-state index contributed by atoms with van der Waals surface area (Å²) in [4.78, 5) is 27.4. The molecule has 0 saturated carbocycles. The van der Waals surface area contributed by atoms with Gasteiger partial charge in [-0.25, -0.2) is 13.6 Å². The maximum absolute atomic E-state index is 13.4. The Morgan fingerprint density at radius 1 is 0.900 bits per heavy atom. The number of piperazine rings is 1. The molecule has 3 rings (SSSR count). The highest BCUT2D eigenvalue weighted by atomic mass is 19.1. The number of rotatable bonds is 6. The average molecular weight is 416 g/mol. The van der Waals surface area contributed by atoms with Crippen molar-refractivity contribution in [2.75, 3.05) is 39.8 Å². The van der Waals surface area contributed by atoms with E-state index in [1.165, 1.54) is 31.3 Å². The Hall–Kier alpha value is -2.84. The molecule has 1 heterocycles. The molecule has 2 aromatic rings. The van der Waals surface area contributed by atoms with E-state index in [0.29, 0.717) is 6.54 Å². The van der Waals surface area contributed by atoms with Crippen molar-refractivity contribution in [2.45, 2.75) is 12.5 Å². The van der Waals surface area contributed by atoms with Gasteiger partial charge in [-0.15, -0.1) is 0 Å². The number of hydrogen-bond donors (Lipinski definition) is 2. The van der Waals surface area contributed by atoms with Gasteiger partial charge in [0.2, 0.25) is 5.91 Å². The van der Waals surface area contributed by atoms with E-state index in [9.17, 15) is 18.4 Å². The van der Waals surface area contributed by atoms with Crippen molar-refractivity contribution in [3.63, 3.8) is 0 Å². The molecular formula is C22H26F2N4O2. The average Bonchev–Trinajstić information content (AvgIpc) is 2.76. The van der Waals surface area contributed by atoms with Gasteiger partial charge in [-0.3, -0.25) is 15.0 Å². The van der Waals surface area contributed by atoms with Crippen molar-refractivity contribution in [3.8, 4) is 0 Å². The second kappa shape index (κ2) is 10.3. The van der Waals surface area contributed by atoms with Crippen LogP contribution in [0.25, 0.3) is 0 Å². The second-order valence-electron chi connectivity index (χ2n) is 7.26. The smallest absolute Gasteiger partial charge is 0.321 e. The Kier molecular flexibility index (Phi) is 7.48. The van der Waals surface area contributed by atoms with Crippen LogP contribution in [0.1, 0.15) is 23.6 Å². The zero-order valence-electron chi connectivity index (χ0n) is 16.9. The number of benzene rings is 2. The van der Waals surface area contributed by atoms with Crippen LogP contribution in [0.2, 0.25) is 0 Å². The minimum atomic E-state index is -0.508. The van der Waals surface area contributed by atoms with Crippen LogP contribution in [-0.4, -0.2) is 61.5 Å². The van der Waals surface area contributed by atoms with E-state index in [0.717, 1.165) is 37.3 Å². The van der Waals surface area contributed by atoms with Crippen molar-refractivity contribution < 1.29 is 18.4 Å². The van der Waals surface area contributed by atoms with Gasteiger partial charge < -0.3 is 10.2 Å². The Morgan fingerprint density at radius 3 is 1.87 bits per heavy atom. The van der Waals surface area contributed by atoms with E-state index in [2.05, 4.69) is 20.4 Å². The third-order valence-corrected chi connectivity index (χ3v) is 5.28. The topological polar surface area (TPSA) is 64.7 Å². The minimum absolute atomic E-state index is 0.107. The lowest BCUT2D eigenvalue weighted by atomic mass is 9.96. The molecule has 0 bridgehead atoms. The summed E-state index contributed by atoms with van der Waals surface area (Å²) in [5, 5.41) is 4.61. The van der Waals surface area contributed by atoms with Gasteiger partial charge in [0.05, 0.1) is 6.04 Å². The SMILES string of the molecule is CNC(=O)NC(=O)CCN1CCN(C(c2ccc(F)cc2)c2ccc(F)cc2)CC1. The lowest BCUT2D eigenvalue weighted by Gasteiger charge is -2.39. The lowest BCUT2D eigenvalue weighted by Crippen LogP contribution is -2.48. The predicted molar refractivity (Wildman–Crippen MR) is 110 cm³/mol. The van der Waals surface area contributed by atoms with Gasteiger partial charge in [0, 0.05) is 46.2 Å². The van der Waals surface area contributed by atoms with Gasteiger partial charge in [0.15, 0.2) is 0 Å². The summed E-state index contributed by atoms with van der Waals surface area (Å²) in [6, 6.07) is 12.2. The summed E-state index contributed by atoms with van der Waals surface area (Å²) in [5.41, 5.74) is 1.89. The van der Waals surface area contributed by atoms with Crippen LogP contribution in [0, 0.1) is 11.6 Å². The third-order valence-electron chi connectivity index (χ3n) is 5.28. The first kappa shape index (κ1) is 21.9. The van der Waals surface area contributed by atoms with E-state index in [1.54, 1.807) is 24.3 Å². The van der Waals surface area contributed by atoms with Crippen molar-refractivity contribution in [3.05, 3.63) is 71.3 Å². The molecule has 0 aliphatic carbocycles. The fourth-order valence-corrected chi connectivity index (χ4v) is 3.66. The highest BCUT2D eigenvalue weighted by molar-refractivity contribution is 5.94. The van der Waals surface area contributed by atoms with Crippen LogP contribution in [-0.2, 0) is 4.79 Å². The summed E-state index contributed by atoms with van der Waals surface area (Å²) >= 11 is 0. The van der Waals surface area contributed by atoms with Gasteiger partial charge in [-0.2, -0.15) is 0 Å². The molecule has 3 amide bonds. The predicted octanol–water partition coefficient (Wildman–Crippen LogP) is 2.52. The number of urea groups is 1. The number of hydrogen-bond acceptors (Lipinski definition) is 4. The van der Waals surface area contributed by atoms with E-state index < -0.39 is 6.03 Å². The molecule has 2 aromatic carbocycles. The van der Waals surface area contributed by atoms with E-state index in [1.807, 2.05) is 0 Å². The summed E-state index contributed by atoms with van der Waals surface area (Å²) in [6.45, 7) is 3.57. The zero-order valence-corrected chi connectivity index (χ0v) is 16.9. The van der Waals surface area contributed by atoms with Gasteiger partial charge in [0.25, 0.3) is 0 Å². The van der Waals surface area contributed by atoms with Gasteiger partial charge in [-0.05, 0) is 35.4 Å². The van der Waals surface area contributed by atoms with Crippen molar-refractivity contribution in [1.82, 2.24) is 20.4 Å². The van der Waals surface area contributed by atoms with Crippen LogP contribution < -0.4 is 10.6 Å². The Morgan fingerprint density at radius 2 is 1.40 bits per heavy atom. The van der Waals surface area contributed by atoms with Crippen LogP contribution in [0.5, 0.6) is 0 Å². The molecule has 2 N–H and O–H groups in total. The van der Waals surface area contributed by atoms with Gasteiger partial charge in [-0.1, -0.05) is 24.3 Å². The summed E-state index contributed by atoms with van der Waals surface area (Å²) in [5.74, 6) is -0.903. The molecule has 0 radical (unpaired) electrons. The fraction of sp³-hybridized carbons (Fsp3) is 0.364. The lowest BCUT2D eigenvalue weighted by molar-refractivity contribution is -0.120. The number of amides is 3. The summed E-state index contributed by atoms with van der Waals surface area (Å²) in [6.07, 6.45) is 0.243. The molecular weight excluding hydrogens is 390 g/mol. The molecule has 8 heteroatoms. The van der Waals surface area contributed by atoms with Gasteiger partial charge in [0.1, 0.15) is 11.6 Å². The number of nitrogens with one attached hydrogen (secondary N) is 2. The van der Waals surface area contributed by atoms with Crippen LogP contribution in [0.15, 0.2) is 48.5 Å². The number of nitrogens with zero attached hydrogens (tertiary/aromatic N) is 2. The molecule has 0 atom stereocenters. The van der Waals surface area contributed by atoms with Crippen molar-refractivity contribution in [1.29, 1.82) is 0 Å². The van der Waals surface area contributed by atoms with Gasteiger partial charge >= 0.3 is 6.03 Å². The first-order chi connectivity index (χ1) is 14.5. The van der Waals surface area contributed by atoms with Crippen LogP contribution in [0.3, 0.4) is 0 Å². The summed E-state index contributed by atoms with van der Waals surface area (Å²) < 4.78 is 26.8.